The molecule has 0 atom stereocenters. The number of anilines is 1. The minimum absolute atomic E-state index is 0.0994. The highest BCUT2D eigenvalue weighted by Gasteiger charge is 2.23. The quantitative estimate of drug-likeness (QED) is 0.104. The molecule has 1 aromatic heterocycles. The van der Waals surface area contributed by atoms with Crippen molar-refractivity contribution in [2.75, 3.05) is 19.0 Å². The second-order valence-corrected chi connectivity index (χ2v) is 9.99. The van der Waals surface area contributed by atoms with Crippen LogP contribution in [-0.2, 0) is 11.3 Å². The minimum atomic E-state index is -0.674. The van der Waals surface area contributed by atoms with E-state index in [1.54, 1.807) is 60.7 Å². The maximum Gasteiger partial charge on any atom is 0.338 e. The van der Waals surface area contributed by atoms with Crippen LogP contribution in [0.5, 0.6) is 0 Å². The number of hydrogen-bond acceptors (Lipinski definition) is 7. The van der Waals surface area contributed by atoms with Crippen LogP contribution in [0.25, 0.3) is 22.5 Å². The van der Waals surface area contributed by atoms with Crippen LogP contribution in [0.15, 0.2) is 77.4 Å². The van der Waals surface area contributed by atoms with Crippen LogP contribution in [0, 0.1) is 11.3 Å². The summed E-state index contributed by atoms with van der Waals surface area (Å²) >= 11 is 0. The van der Waals surface area contributed by atoms with E-state index in [2.05, 4.69) is 10.6 Å². The van der Waals surface area contributed by atoms with Crippen molar-refractivity contribution < 1.29 is 28.6 Å². The number of furan rings is 1. The summed E-state index contributed by atoms with van der Waals surface area (Å²) in [4.78, 5) is 39.4. The third-order valence-corrected chi connectivity index (χ3v) is 6.55. The summed E-state index contributed by atoms with van der Waals surface area (Å²) in [5, 5.41) is 23.0. The van der Waals surface area contributed by atoms with Gasteiger partial charge < -0.3 is 30.6 Å². The first-order valence-corrected chi connectivity index (χ1v) is 13.2. The number of nitrogens with one attached hydrogen (secondary N) is 3. The van der Waals surface area contributed by atoms with Crippen molar-refractivity contribution in [3.63, 3.8) is 0 Å². The molecule has 42 heavy (non-hydrogen) atoms. The number of amides is 2. The second-order valence-electron chi connectivity index (χ2n) is 9.99. The summed E-state index contributed by atoms with van der Waals surface area (Å²) < 4.78 is 10.6. The lowest BCUT2D eigenvalue weighted by Crippen LogP contribution is -2.27. The number of nitrogens with two attached hydrogens (primary N) is 1. The zero-order valence-electron chi connectivity index (χ0n) is 23.5. The Hall–Kier alpha value is -5.22. The van der Waals surface area contributed by atoms with Crippen LogP contribution in [-0.4, -0.2) is 42.4 Å². The highest BCUT2D eigenvalue weighted by atomic mass is 16.5. The summed E-state index contributed by atoms with van der Waals surface area (Å²) in [5.41, 5.74) is 8.96. The highest BCUT2D eigenvalue weighted by Crippen LogP contribution is 2.34. The van der Waals surface area contributed by atoms with Gasteiger partial charge in [0.2, 0.25) is 0 Å². The Morgan fingerprint density at radius 2 is 1.60 bits per heavy atom. The predicted molar refractivity (Wildman–Crippen MR) is 159 cm³/mol. The van der Waals surface area contributed by atoms with Crippen molar-refractivity contribution in [1.82, 2.24) is 5.32 Å². The maximum absolute atomic E-state index is 13.7. The van der Waals surface area contributed by atoms with Crippen molar-refractivity contribution in [3.05, 3.63) is 101 Å². The van der Waals surface area contributed by atoms with Crippen molar-refractivity contribution >= 4 is 29.3 Å². The standard InChI is InChI=1S/C32H32N4O6/c1-18(2)16-35-30(38)21-7-11-25(27(15-21)32(40)41-3)24-10-6-20(28-22(17-37)12-13-42-28)14-26(24)31(39)36-23-8-4-19(5-9-23)29(33)34/h4-15,18,37H,16-17H2,1-3H3,(H3,33,34)(H,35,38)(H,36,39). The molecule has 216 valence electrons. The molecule has 0 aliphatic heterocycles. The molecule has 3 aromatic carbocycles. The Labute approximate surface area is 243 Å². The summed E-state index contributed by atoms with van der Waals surface area (Å²) in [6.07, 6.45) is 1.45. The summed E-state index contributed by atoms with van der Waals surface area (Å²) in [6, 6.07) is 17.8. The fourth-order valence-corrected chi connectivity index (χ4v) is 4.35. The molecule has 0 bridgehead atoms. The number of amidine groups is 1. The molecule has 4 aromatic rings. The van der Waals surface area contributed by atoms with E-state index in [1.807, 2.05) is 13.8 Å². The van der Waals surface area contributed by atoms with E-state index < -0.39 is 11.9 Å². The van der Waals surface area contributed by atoms with Gasteiger partial charge in [-0.1, -0.05) is 32.0 Å². The van der Waals surface area contributed by atoms with Gasteiger partial charge in [-0.3, -0.25) is 15.0 Å². The first kappa shape index (κ1) is 29.8. The average molecular weight is 569 g/mol. The number of benzene rings is 3. The number of methoxy groups -OCH3 is 1. The Morgan fingerprint density at radius 1 is 0.929 bits per heavy atom. The number of carbonyl (C=O) groups excluding carboxylic acids is 3. The van der Waals surface area contributed by atoms with E-state index in [0.717, 1.165) is 0 Å². The topological polar surface area (TPSA) is 168 Å². The van der Waals surface area contributed by atoms with Crippen molar-refractivity contribution in [3.8, 4) is 22.5 Å². The van der Waals surface area contributed by atoms with Crippen molar-refractivity contribution in [2.45, 2.75) is 20.5 Å². The molecular formula is C32H32N4O6. The van der Waals surface area contributed by atoms with Gasteiger partial charge in [-0.25, -0.2) is 4.79 Å². The Bertz CT molecular complexity index is 1640. The second kappa shape index (κ2) is 13.0. The normalized spacial score (nSPS) is 10.8. The first-order chi connectivity index (χ1) is 20.1. The molecule has 1 heterocycles. The minimum Gasteiger partial charge on any atom is -0.465 e. The Balaban J connectivity index is 1.83. The predicted octanol–water partition coefficient (Wildman–Crippen LogP) is 4.81. The molecule has 0 fully saturated rings. The van der Waals surface area contributed by atoms with Crippen LogP contribution in [0.3, 0.4) is 0 Å². The monoisotopic (exact) mass is 568 g/mol. The van der Waals surface area contributed by atoms with E-state index in [-0.39, 0.29) is 41.0 Å². The molecule has 0 spiro atoms. The van der Waals surface area contributed by atoms with Crippen LogP contribution < -0.4 is 16.4 Å². The SMILES string of the molecule is COC(=O)c1cc(C(=O)NCC(C)C)ccc1-c1ccc(-c2occc2CO)cc1C(=O)Nc1ccc(C(=N)N)cc1. The van der Waals surface area contributed by atoms with Crippen LogP contribution >= 0.6 is 0 Å². The zero-order valence-corrected chi connectivity index (χ0v) is 23.5. The fourth-order valence-electron chi connectivity index (χ4n) is 4.35. The van der Waals surface area contributed by atoms with Gasteiger partial charge in [0.15, 0.2) is 0 Å². The van der Waals surface area contributed by atoms with Crippen LogP contribution in [0.4, 0.5) is 5.69 Å². The van der Waals surface area contributed by atoms with Gasteiger partial charge in [-0.05, 0) is 65.6 Å². The van der Waals surface area contributed by atoms with Gasteiger partial charge in [0.05, 0.1) is 25.5 Å². The van der Waals surface area contributed by atoms with E-state index in [0.29, 0.717) is 45.8 Å². The smallest absolute Gasteiger partial charge is 0.338 e. The summed E-state index contributed by atoms with van der Waals surface area (Å²) in [7, 11) is 1.24. The van der Waals surface area contributed by atoms with E-state index >= 15 is 0 Å². The number of carbonyl (C=O) groups is 3. The molecule has 0 aliphatic carbocycles. The van der Waals surface area contributed by atoms with Crippen LogP contribution in [0.1, 0.15) is 56.0 Å². The number of ether oxygens (including phenoxy) is 1. The fraction of sp³-hybridized carbons (Fsp3) is 0.188. The van der Waals surface area contributed by atoms with Gasteiger partial charge in [0.25, 0.3) is 11.8 Å². The third kappa shape index (κ3) is 6.56. The summed E-state index contributed by atoms with van der Waals surface area (Å²) in [6.45, 7) is 4.16. The lowest BCUT2D eigenvalue weighted by atomic mass is 9.91. The lowest BCUT2D eigenvalue weighted by Gasteiger charge is -2.16. The van der Waals surface area contributed by atoms with Gasteiger partial charge >= 0.3 is 5.97 Å². The summed E-state index contributed by atoms with van der Waals surface area (Å²) in [5.74, 6) is -0.961. The van der Waals surface area contributed by atoms with Crippen molar-refractivity contribution in [2.24, 2.45) is 11.7 Å². The number of aliphatic hydroxyl groups excluding tert-OH is 1. The van der Waals surface area contributed by atoms with E-state index in [1.165, 1.54) is 19.4 Å². The first-order valence-electron chi connectivity index (χ1n) is 13.2. The van der Waals surface area contributed by atoms with E-state index in [4.69, 9.17) is 20.3 Å². The van der Waals surface area contributed by atoms with Gasteiger partial charge in [0, 0.05) is 40.0 Å². The van der Waals surface area contributed by atoms with Gasteiger partial charge in [-0.15, -0.1) is 0 Å². The third-order valence-electron chi connectivity index (χ3n) is 6.55. The van der Waals surface area contributed by atoms with Crippen molar-refractivity contribution in [1.29, 1.82) is 5.41 Å². The molecule has 6 N–H and O–H groups in total. The largest absolute Gasteiger partial charge is 0.465 e. The molecule has 0 unspecified atom stereocenters. The van der Waals surface area contributed by atoms with Crippen LogP contribution in [0.2, 0.25) is 0 Å². The molecule has 2 amide bonds. The lowest BCUT2D eigenvalue weighted by molar-refractivity contribution is 0.0601. The molecule has 0 radical (unpaired) electrons. The Morgan fingerprint density at radius 3 is 2.24 bits per heavy atom. The molecular weight excluding hydrogens is 536 g/mol. The molecule has 10 heteroatoms. The number of nitrogen functional groups attached to an aromatic ring is 1. The molecule has 0 saturated heterocycles. The molecule has 0 aliphatic rings. The Kier molecular flexibility index (Phi) is 9.18. The molecule has 4 rings (SSSR count). The zero-order chi connectivity index (χ0) is 30.4. The number of hydrogen-bond donors (Lipinski definition) is 5. The van der Waals surface area contributed by atoms with Gasteiger partial charge in [-0.2, -0.15) is 0 Å². The molecule has 10 nitrogen and oxygen atoms in total. The number of esters is 1. The average Bonchev–Trinajstić information content (AvgIpc) is 3.48. The number of rotatable bonds is 10. The molecule has 0 saturated carbocycles. The number of aliphatic hydroxyl groups is 1. The van der Waals surface area contributed by atoms with E-state index in [9.17, 15) is 19.5 Å². The maximum atomic E-state index is 13.7. The van der Waals surface area contributed by atoms with Gasteiger partial charge in [0.1, 0.15) is 11.6 Å². The highest BCUT2D eigenvalue weighted by molar-refractivity contribution is 6.12.